The van der Waals surface area contributed by atoms with Gasteiger partial charge in [-0.3, -0.25) is 0 Å². The summed E-state index contributed by atoms with van der Waals surface area (Å²) in [5.41, 5.74) is -0.199. The SMILES string of the molecule is O=C(O)c1nn(CC2CCOC2)nc1Cl. The van der Waals surface area contributed by atoms with Gasteiger partial charge in [-0.15, -0.1) is 10.2 Å². The van der Waals surface area contributed by atoms with Gasteiger partial charge >= 0.3 is 5.97 Å². The second kappa shape index (κ2) is 4.16. The van der Waals surface area contributed by atoms with Crippen LogP contribution in [0.15, 0.2) is 0 Å². The highest BCUT2D eigenvalue weighted by Crippen LogP contribution is 2.16. The first-order valence-corrected chi connectivity index (χ1v) is 4.96. The summed E-state index contributed by atoms with van der Waals surface area (Å²) >= 11 is 5.62. The maximum absolute atomic E-state index is 10.6. The molecule has 1 saturated heterocycles. The third kappa shape index (κ3) is 2.27. The Kier molecular flexibility index (Phi) is 2.88. The molecule has 1 atom stereocenters. The molecular weight excluding hydrogens is 222 g/mol. The number of rotatable bonds is 3. The van der Waals surface area contributed by atoms with E-state index in [0.717, 1.165) is 13.0 Å². The number of ether oxygens (including phenoxy) is 1. The van der Waals surface area contributed by atoms with Gasteiger partial charge in [-0.05, 0) is 6.42 Å². The zero-order valence-corrected chi connectivity index (χ0v) is 8.65. The molecule has 0 aromatic carbocycles. The smallest absolute Gasteiger partial charge is 0.359 e. The van der Waals surface area contributed by atoms with E-state index in [9.17, 15) is 4.79 Å². The third-order valence-corrected chi connectivity index (χ3v) is 2.52. The number of carbonyl (C=O) groups is 1. The molecule has 1 unspecified atom stereocenters. The van der Waals surface area contributed by atoms with Crippen LogP contribution in [0, 0.1) is 5.92 Å². The normalized spacial score (nSPS) is 20.7. The van der Waals surface area contributed by atoms with Gasteiger partial charge < -0.3 is 9.84 Å². The monoisotopic (exact) mass is 231 g/mol. The average molecular weight is 232 g/mol. The van der Waals surface area contributed by atoms with E-state index in [1.54, 1.807) is 0 Å². The van der Waals surface area contributed by atoms with E-state index < -0.39 is 5.97 Å². The van der Waals surface area contributed by atoms with Gasteiger partial charge in [0.15, 0.2) is 5.15 Å². The molecule has 0 aliphatic carbocycles. The topological polar surface area (TPSA) is 77.2 Å². The van der Waals surface area contributed by atoms with Crippen LogP contribution in [-0.2, 0) is 11.3 Å². The summed E-state index contributed by atoms with van der Waals surface area (Å²) in [7, 11) is 0. The number of aromatic nitrogens is 3. The summed E-state index contributed by atoms with van der Waals surface area (Å²) < 4.78 is 5.20. The van der Waals surface area contributed by atoms with Crippen molar-refractivity contribution in [1.82, 2.24) is 15.0 Å². The lowest BCUT2D eigenvalue weighted by Gasteiger charge is -2.04. The first-order valence-electron chi connectivity index (χ1n) is 4.58. The van der Waals surface area contributed by atoms with Crippen LogP contribution in [0.3, 0.4) is 0 Å². The lowest BCUT2D eigenvalue weighted by Crippen LogP contribution is -2.13. The molecule has 2 heterocycles. The number of nitrogens with zero attached hydrogens (tertiary/aromatic N) is 3. The van der Waals surface area contributed by atoms with Crippen LogP contribution in [0.1, 0.15) is 16.9 Å². The Bertz CT molecular complexity index is 373. The van der Waals surface area contributed by atoms with Crippen molar-refractivity contribution in [1.29, 1.82) is 0 Å². The number of aromatic carboxylic acids is 1. The lowest BCUT2D eigenvalue weighted by atomic mass is 10.1. The largest absolute Gasteiger partial charge is 0.476 e. The molecule has 1 aliphatic heterocycles. The second-order valence-electron chi connectivity index (χ2n) is 3.43. The van der Waals surface area contributed by atoms with Gasteiger partial charge in [-0.2, -0.15) is 4.80 Å². The number of halogens is 1. The molecule has 6 nitrogen and oxygen atoms in total. The van der Waals surface area contributed by atoms with Crippen LogP contribution in [0.5, 0.6) is 0 Å². The fourth-order valence-electron chi connectivity index (χ4n) is 1.50. The molecule has 0 spiro atoms. The van der Waals surface area contributed by atoms with E-state index in [1.807, 2.05) is 0 Å². The van der Waals surface area contributed by atoms with Crippen LogP contribution >= 0.6 is 11.6 Å². The fraction of sp³-hybridized carbons (Fsp3) is 0.625. The van der Waals surface area contributed by atoms with Crippen molar-refractivity contribution in [3.8, 4) is 0 Å². The first-order chi connectivity index (χ1) is 7.16. The summed E-state index contributed by atoms with van der Waals surface area (Å²) in [6, 6.07) is 0. The second-order valence-corrected chi connectivity index (χ2v) is 3.79. The van der Waals surface area contributed by atoms with Crippen LogP contribution in [0.2, 0.25) is 5.15 Å². The maximum atomic E-state index is 10.6. The van der Waals surface area contributed by atoms with E-state index in [0.29, 0.717) is 19.1 Å². The number of hydrogen-bond donors (Lipinski definition) is 1. The quantitative estimate of drug-likeness (QED) is 0.827. The van der Waals surface area contributed by atoms with E-state index >= 15 is 0 Å². The van der Waals surface area contributed by atoms with E-state index in [4.69, 9.17) is 21.4 Å². The van der Waals surface area contributed by atoms with Crippen molar-refractivity contribution in [2.75, 3.05) is 13.2 Å². The standard InChI is InChI=1S/C8H10ClN3O3/c9-7-6(8(13)14)10-12(11-7)3-5-1-2-15-4-5/h5H,1-4H2,(H,13,14). The highest BCUT2D eigenvalue weighted by Gasteiger charge is 2.20. The third-order valence-electron chi connectivity index (χ3n) is 2.26. The van der Waals surface area contributed by atoms with E-state index in [1.165, 1.54) is 4.80 Å². The molecule has 1 aromatic heterocycles. The van der Waals surface area contributed by atoms with Gasteiger partial charge in [-0.25, -0.2) is 4.79 Å². The predicted octanol–water partition coefficient (Wildman–Crippen LogP) is 0.666. The first kappa shape index (κ1) is 10.4. The lowest BCUT2D eigenvalue weighted by molar-refractivity contribution is 0.0689. The van der Waals surface area contributed by atoms with Crippen LogP contribution in [0.4, 0.5) is 0 Å². The Morgan fingerprint density at radius 2 is 2.47 bits per heavy atom. The van der Waals surface area contributed by atoms with Crippen LogP contribution in [-0.4, -0.2) is 39.3 Å². The van der Waals surface area contributed by atoms with Crippen molar-refractivity contribution in [3.05, 3.63) is 10.8 Å². The van der Waals surface area contributed by atoms with E-state index in [-0.39, 0.29) is 10.8 Å². The van der Waals surface area contributed by atoms with Gasteiger partial charge in [-0.1, -0.05) is 11.6 Å². The van der Waals surface area contributed by atoms with Gasteiger partial charge in [0.25, 0.3) is 0 Å². The zero-order valence-electron chi connectivity index (χ0n) is 7.89. The summed E-state index contributed by atoms with van der Waals surface area (Å²) in [6.45, 7) is 1.96. The summed E-state index contributed by atoms with van der Waals surface area (Å²) in [6.07, 6.45) is 0.946. The molecule has 1 aliphatic rings. The molecular formula is C8H10ClN3O3. The number of carboxylic acids is 1. The molecule has 82 valence electrons. The van der Waals surface area contributed by atoms with Crippen molar-refractivity contribution in [2.24, 2.45) is 5.92 Å². The zero-order chi connectivity index (χ0) is 10.8. The number of hydrogen-bond acceptors (Lipinski definition) is 4. The fourth-order valence-corrected chi connectivity index (χ4v) is 1.70. The Hall–Kier alpha value is -1.14. The minimum Gasteiger partial charge on any atom is -0.476 e. The Balaban J connectivity index is 2.08. The van der Waals surface area contributed by atoms with Gasteiger partial charge in [0.1, 0.15) is 0 Å². The molecule has 7 heteroatoms. The molecule has 1 N–H and O–H groups in total. The van der Waals surface area contributed by atoms with E-state index in [2.05, 4.69) is 10.2 Å². The molecule has 2 rings (SSSR count). The highest BCUT2D eigenvalue weighted by atomic mass is 35.5. The number of carboxylic acid groups (broad SMARTS) is 1. The van der Waals surface area contributed by atoms with Crippen molar-refractivity contribution < 1.29 is 14.6 Å². The molecule has 0 saturated carbocycles. The van der Waals surface area contributed by atoms with Gasteiger partial charge in [0, 0.05) is 12.5 Å². The van der Waals surface area contributed by atoms with Crippen molar-refractivity contribution in [2.45, 2.75) is 13.0 Å². The Morgan fingerprint density at radius 1 is 1.67 bits per heavy atom. The van der Waals surface area contributed by atoms with Gasteiger partial charge in [0.2, 0.25) is 5.69 Å². The summed E-state index contributed by atoms with van der Waals surface area (Å²) in [5.74, 6) is -0.816. The molecule has 0 amide bonds. The minimum atomic E-state index is -1.16. The Morgan fingerprint density at radius 3 is 3.00 bits per heavy atom. The molecule has 0 bridgehead atoms. The summed E-state index contributed by atoms with van der Waals surface area (Å²) in [4.78, 5) is 12.0. The van der Waals surface area contributed by atoms with Crippen molar-refractivity contribution >= 4 is 17.6 Å². The minimum absolute atomic E-state index is 0.0681. The maximum Gasteiger partial charge on any atom is 0.359 e. The van der Waals surface area contributed by atoms with Gasteiger partial charge in [0.05, 0.1) is 13.2 Å². The summed E-state index contributed by atoms with van der Waals surface area (Å²) in [5, 5.41) is 16.3. The van der Waals surface area contributed by atoms with Crippen LogP contribution in [0.25, 0.3) is 0 Å². The molecule has 1 aromatic rings. The predicted molar refractivity (Wildman–Crippen MR) is 50.9 cm³/mol. The van der Waals surface area contributed by atoms with Crippen LogP contribution < -0.4 is 0 Å². The average Bonchev–Trinajstić information content (AvgIpc) is 2.75. The van der Waals surface area contributed by atoms with Crippen molar-refractivity contribution in [3.63, 3.8) is 0 Å². The molecule has 1 fully saturated rings. The highest BCUT2D eigenvalue weighted by molar-refractivity contribution is 6.31. The Labute approximate surface area is 90.8 Å². The molecule has 15 heavy (non-hydrogen) atoms. The molecule has 0 radical (unpaired) electrons.